The maximum atomic E-state index is 11.8. The summed E-state index contributed by atoms with van der Waals surface area (Å²) in [5.41, 5.74) is 1.89. The minimum absolute atomic E-state index is 0.281. The fourth-order valence-electron chi connectivity index (χ4n) is 2.24. The van der Waals surface area contributed by atoms with Crippen molar-refractivity contribution in [2.75, 3.05) is 11.9 Å². The highest BCUT2D eigenvalue weighted by Crippen LogP contribution is 2.29. The Labute approximate surface area is 129 Å². The second kappa shape index (κ2) is 7.55. The second-order valence-corrected chi connectivity index (χ2v) is 5.65. The van der Waals surface area contributed by atoms with E-state index >= 15 is 0 Å². The Morgan fingerprint density at radius 2 is 1.95 bits per heavy atom. The van der Waals surface area contributed by atoms with Crippen molar-refractivity contribution in [2.45, 2.75) is 32.1 Å². The zero-order chi connectivity index (χ0) is 14.4. The number of anilines is 1. The van der Waals surface area contributed by atoms with Gasteiger partial charge in [0.15, 0.2) is 0 Å². The molecule has 0 spiro atoms. The van der Waals surface area contributed by atoms with Crippen LogP contribution in [-0.2, 0) is 0 Å². The zero-order valence-electron chi connectivity index (χ0n) is 11.2. The van der Waals surface area contributed by atoms with Gasteiger partial charge in [0.2, 0.25) is 0 Å². The van der Waals surface area contributed by atoms with Gasteiger partial charge in [-0.1, -0.05) is 40.9 Å². The Balaban J connectivity index is 1.79. The first-order valence-corrected chi connectivity index (χ1v) is 7.59. The van der Waals surface area contributed by atoms with Crippen LogP contribution in [0.25, 0.3) is 0 Å². The van der Waals surface area contributed by atoms with Gasteiger partial charge in [0.05, 0.1) is 15.7 Å². The van der Waals surface area contributed by atoms with Crippen molar-refractivity contribution in [3.05, 3.63) is 39.9 Å². The maximum Gasteiger partial charge on any atom is 0.319 e. The number of hydrogen-bond acceptors (Lipinski definition) is 1. The number of carbonyl (C=O) groups excluding carboxylic acids is 1. The van der Waals surface area contributed by atoms with Crippen molar-refractivity contribution in [2.24, 2.45) is 0 Å². The summed E-state index contributed by atoms with van der Waals surface area (Å²) in [7, 11) is 0. The van der Waals surface area contributed by atoms with Crippen LogP contribution in [0.15, 0.2) is 29.8 Å². The number of para-hydroxylation sites is 1. The highest BCUT2D eigenvalue weighted by Gasteiger charge is 2.09. The SMILES string of the molecule is O=C(NCCC1=CCCCC1)Nc1c(Cl)cccc1Cl. The van der Waals surface area contributed by atoms with Crippen LogP contribution in [-0.4, -0.2) is 12.6 Å². The lowest BCUT2D eigenvalue weighted by atomic mass is 9.97. The fraction of sp³-hybridized carbons (Fsp3) is 0.400. The Morgan fingerprint density at radius 1 is 1.20 bits per heavy atom. The van der Waals surface area contributed by atoms with Gasteiger partial charge in [-0.15, -0.1) is 0 Å². The lowest BCUT2D eigenvalue weighted by molar-refractivity contribution is 0.252. The Hall–Kier alpha value is -1.19. The molecule has 1 aliphatic carbocycles. The third-order valence-corrected chi connectivity index (χ3v) is 3.95. The smallest absolute Gasteiger partial charge is 0.319 e. The van der Waals surface area contributed by atoms with E-state index in [0.717, 1.165) is 19.3 Å². The van der Waals surface area contributed by atoms with Crippen molar-refractivity contribution in [3.63, 3.8) is 0 Å². The molecule has 108 valence electrons. The molecule has 0 unspecified atom stereocenters. The zero-order valence-corrected chi connectivity index (χ0v) is 12.7. The average Bonchev–Trinajstić information content (AvgIpc) is 2.44. The van der Waals surface area contributed by atoms with Crippen LogP contribution < -0.4 is 10.6 Å². The van der Waals surface area contributed by atoms with E-state index in [1.807, 2.05) is 0 Å². The molecule has 0 fully saturated rings. The van der Waals surface area contributed by atoms with Crippen LogP contribution in [0.4, 0.5) is 10.5 Å². The molecule has 5 heteroatoms. The molecule has 1 aromatic rings. The molecule has 3 nitrogen and oxygen atoms in total. The Morgan fingerprint density at radius 3 is 2.60 bits per heavy atom. The average molecular weight is 313 g/mol. The van der Waals surface area contributed by atoms with E-state index in [0.29, 0.717) is 22.3 Å². The second-order valence-electron chi connectivity index (χ2n) is 4.84. The molecule has 2 N–H and O–H groups in total. The highest BCUT2D eigenvalue weighted by molar-refractivity contribution is 6.39. The Kier molecular flexibility index (Phi) is 5.74. The normalized spacial score (nSPS) is 14.6. The molecular formula is C15H18Cl2N2O. The van der Waals surface area contributed by atoms with E-state index in [4.69, 9.17) is 23.2 Å². The number of carbonyl (C=O) groups is 1. The summed E-state index contributed by atoms with van der Waals surface area (Å²) < 4.78 is 0. The lowest BCUT2D eigenvalue weighted by Gasteiger charge is -2.14. The largest absolute Gasteiger partial charge is 0.338 e. The molecule has 0 radical (unpaired) electrons. The van der Waals surface area contributed by atoms with E-state index in [9.17, 15) is 4.79 Å². The van der Waals surface area contributed by atoms with Crippen LogP contribution in [0, 0.1) is 0 Å². The first-order valence-electron chi connectivity index (χ1n) is 6.83. The van der Waals surface area contributed by atoms with Crippen LogP contribution in [0.5, 0.6) is 0 Å². The van der Waals surface area contributed by atoms with Crippen LogP contribution >= 0.6 is 23.2 Å². The van der Waals surface area contributed by atoms with E-state index in [1.165, 1.54) is 18.4 Å². The summed E-state index contributed by atoms with van der Waals surface area (Å²) in [5, 5.41) is 6.37. The maximum absolute atomic E-state index is 11.8. The van der Waals surface area contributed by atoms with Gasteiger partial charge in [0, 0.05) is 6.54 Å². The van der Waals surface area contributed by atoms with E-state index in [-0.39, 0.29) is 6.03 Å². The third-order valence-electron chi connectivity index (χ3n) is 3.32. The molecule has 0 atom stereocenters. The number of urea groups is 1. The van der Waals surface area contributed by atoms with Crippen LogP contribution in [0.1, 0.15) is 32.1 Å². The first-order chi connectivity index (χ1) is 9.66. The minimum atomic E-state index is -0.281. The number of hydrogen-bond donors (Lipinski definition) is 2. The highest BCUT2D eigenvalue weighted by atomic mass is 35.5. The number of rotatable bonds is 4. The molecule has 0 aliphatic heterocycles. The molecule has 0 heterocycles. The molecule has 2 rings (SSSR count). The Bertz CT molecular complexity index is 494. The monoisotopic (exact) mass is 312 g/mol. The van der Waals surface area contributed by atoms with Gasteiger partial charge < -0.3 is 10.6 Å². The molecule has 0 bridgehead atoms. The van der Waals surface area contributed by atoms with Crippen molar-refractivity contribution >= 4 is 34.9 Å². The number of amides is 2. The van der Waals surface area contributed by atoms with Gasteiger partial charge in [0.1, 0.15) is 0 Å². The van der Waals surface area contributed by atoms with E-state index in [2.05, 4.69) is 16.7 Å². The van der Waals surface area contributed by atoms with Crippen LogP contribution in [0.2, 0.25) is 10.0 Å². The summed E-state index contributed by atoms with van der Waals surface area (Å²) in [4.78, 5) is 11.8. The number of benzene rings is 1. The first kappa shape index (κ1) is 15.2. The standard InChI is InChI=1S/C15H18Cl2N2O/c16-12-7-4-8-13(17)14(12)19-15(20)18-10-9-11-5-2-1-3-6-11/h4-5,7-8H,1-3,6,9-10H2,(H2,18,19,20). The molecule has 1 aliphatic rings. The van der Waals surface area contributed by atoms with Gasteiger partial charge >= 0.3 is 6.03 Å². The summed E-state index contributed by atoms with van der Waals surface area (Å²) in [6, 6.07) is 4.84. The number of allylic oxidation sites excluding steroid dienone is 1. The molecule has 2 amide bonds. The van der Waals surface area contributed by atoms with Crippen molar-refractivity contribution < 1.29 is 4.79 Å². The predicted molar refractivity (Wildman–Crippen MR) is 84.7 cm³/mol. The molecule has 0 aromatic heterocycles. The molecule has 20 heavy (non-hydrogen) atoms. The lowest BCUT2D eigenvalue weighted by Crippen LogP contribution is -2.30. The van der Waals surface area contributed by atoms with Crippen molar-refractivity contribution in [3.8, 4) is 0 Å². The van der Waals surface area contributed by atoms with E-state index in [1.54, 1.807) is 18.2 Å². The quantitative estimate of drug-likeness (QED) is 0.754. The third kappa shape index (κ3) is 4.43. The van der Waals surface area contributed by atoms with Gasteiger partial charge in [-0.2, -0.15) is 0 Å². The van der Waals surface area contributed by atoms with Crippen molar-refractivity contribution in [1.82, 2.24) is 5.32 Å². The summed E-state index contributed by atoms with van der Waals surface area (Å²) in [6.45, 7) is 0.625. The molecular weight excluding hydrogens is 295 g/mol. The molecule has 1 aromatic carbocycles. The molecule has 0 saturated heterocycles. The summed E-state index contributed by atoms with van der Waals surface area (Å²) in [6.07, 6.45) is 8.05. The predicted octanol–water partition coefficient (Wildman–Crippen LogP) is 5.01. The van der Waals surface area contributed by atoms with E-state index < -0.39 is 0 Å². The van der Waals surface area contributed by atoms with Crippen LogP contribution in [0.3, 0.4) is 0 Å². The van der Waals surface area contributed by atoms with Gasteiger partial charge in [-0.25, -0.2) is 4.79 Å². The number of halogens is 2. The van der Waals surface area contributed by atoms with Gasteiger partial charge in [0.25, 0.3) is 0 Å². The number of nitrogens with one attached hydrogen (secondary N) is 2. The van der Waals surface area contributed by atoms with Gasteiger partial charge in [-0.3, -0.25) is 0 Å². The summed E-state index contributed by atoms with van der Waals surface area (Å²) >= 11 is 12.0. The molecule has 0 saturated carbocycles. The minimum Gasteiger partial charge on any atom is -0.338 e. The van der Waals surface area contributed by atoms with Gasteiger partial charge in [-0.05, 0) is 44.2 Å². The topological polar surface area (TPSA) is 41.1 Å². The summed E-state index contributed by atoms with van der Waals surface area (Å²) in [5.74, 6) is 0. The van der Waals surface area contributed by atoms with Crippen molar-refractivity contribution in [1.29, 1.82) is 0 Å². The fourth-order valence-corrected chi connectivity index (χ4v) is 2.74.